The molecule has 0 aliphatic heterocycles. The first-order chi connectivity index (χ1) is 4.59. The van der Waals surface area contributed by atoms with Crippen LogP contribution in [0, 0.1) is 0 Å². The van der Waals surface area contributed by atoms with Crippen LogP contribution < -0.4 is 0 Å². The van der Waals surface area contributed by atoms with Gasteiger partial charge >= 0.3 is 0 Å². The van der Waals surface area contributed by atoms with Crippen LogP contribution >= 0.6 is 0 Å². The van der Waals surface area contributed by atoms with Gasteiger partial charge < -0.3 is 5.11 Å². The summed E-state index contributed by atoms with van der Waals surface area (Å²) in [7, 11) is 0. The number of hydrogen-bond acceptors (Lipinski definition) is 3. The third-order valence-corrected chi connectivity index (χ3v) is 0.827. The molecule has 0 spiro atoms. The molecule has 0 fully saturated rings. The van der Waals surface area contributed by atoms with Gasteiger partial charge in [-0.05, 0) is 0 Å². The summed E-state index contributed by atoms with van der Waals surface area (Å²) in [5.41, 5.74) is -0.0463. The van der Waals surface area contributed by atoms with Crippen LogP contribution in [0.4, 0.5) is 0 Å². The Labute approximate surface area is 59.4 Å². The van der Waals surface area contributed by atoms with Gasteiger partial charge in [0.05, 0.1) is 0 Å². The number of aliphatic hydroxyl groups is 1. The molecule has 0 bridgehead atoms. The summed E-state index contributed by atoms with van der Waals surface area (Å²) in [5.74, 6) is -0.653. The lowest BCUT2D eigenvalue weighted by Crippen LogP contribution is -2.11. The Kier molecular flexibility index (Phi) is 3.11. The number of allylic oxidation sites excluding steroid dienone is 1. The highest BCUT2D eigenvalue weighted by Gasteiger charge is 2.06. The second kappa shape index (κ2) is 3.61. The maximum atomic E-state index is 10.6. The molecule has 0 atom stereocenters. The fraction of sp³-hybridized carbons (Fsp3) is 0.143. The Morgan fingerprint density at radius 1 is 1.70 bits per heavy atom. The molecule has 0 aromatic rings. The SMILES string of the molecule is C=CN=C(C(=C)O)C(C)=O. The Bertz CT molecular complexity index is 188. The topological polar surface area (TPSA) is 49.7 Å². The first-order valence-electron chi connectivity index (χ1n) is 2.67. The lowest BCUT2D eigenvalue weighted by Gasteiger charge is -1.95. The van der Waals surface area contributed by atoms with E-state index in [0.717, 1.165) is 0 Å². The molecule has 0 unspecified atom stereocenters. The molecule has 0 radical (unpaired) electrons. The normalized spacial score (nSPS) is 10.7. The fourth-order valence-electron chi connectivity index (χ4n) is 0.460. The van der Waals surface area contributed by atoms with Crippen molar-refractivity contribution in [3.05, 3.63) is 25.1 Å². The molecule has 0 saturated heterocycles. The number of ketones is 1. The van der Waals surface area contributed by atoms with Crippen molar-refractivity contribution >= 4 is 11.5 Å². The van der Waals surface area contributed by atoms with Gasteiger partial charge in [0.2, 0.25) is 0 Å². The molecular formula is C7H9NO2. The molecule has 1 N–H and O–H groups in total. The van der Waals surface area contributed by atoms with Crippen molar-refractivity contribution in [2.45, 2.75) is 6.92 Å². The van der Waals surface area contributed by atoms with Crippen molar-refractivity contribution in [3.63, 3.8) is 0 Å². The number of nitrogens with zero attached hydrogens (tertiary/aromatic N) is 1. The van der Waals surface area contributed by atoms with E-state index in [1.807, 2.05) is 0 Å². The van der Waals surface area contributed by atoms with E-state index >= 15 is 0 Å². The van der Waals surface area contributed by atoms with Crippen molar-refractivity contribution in [1.82, 2.24) is 0 Å². The Morgan fingerprint density at radius 2 is 2.20 bits per heavy atom. The maximum Gasteiger partial charge on any atom is 0.181 e. The molecule has 0 amide bonds. The van der Waals surface area contributed by atoms with E-state index in [-0.39, 0.29) is 17.3 Å². The van der Waals surface area contributed by atoms with Gasteiger partial charge in [0.15, 0.2) is 5.78 Å². The summed E-state index contributed by atoms with van der Waals surface area (Å²) in [4.78, 5) is 14.1. The second-order valence-electron chi connectivity index (χ2n) is 1.66. The van der Waals surface area contributed by atoms with E-state index in [1.54, 1.807) is 0 Å². The molecule has 0 aromatic carbocycles. The van der Waals surface area contributed by atoms with E-state index in [0.29, 0.717) is 0 Å². The molecule has 3 nitrogen and oxygen atoms in total. The van der Waals surface area contributed by atoms with E-state index in [4.69, 9.17) is 5.11 Å². The number of hydrogen-bond donors (Lipinski definition) is 1. The zero-order valence-electron chi connectivity index (χ0n) is 5.79. The quantitative estimate of drug-likeness (QED) is 0.472. The summed E-state index contributed by atoms with van der Waals surface area (Å²) >= 11 is 0. The van der Waals surface area contributed by atoms with Crippen LogP contribution in [-0.4, -0.2) is 16.6 Å². The Hall–Kier alpha value is -1.38. The van der Waals surface area contributed by atoms with Crippen molar-refractivity contribution in [2.24, 2.45) is 4.99 Å². The smallest absolute Gasteiger partial charge is 0.181 e. The molecule has 3 heteroatoms. The third kappa shape index (κ3) is 2.26. The monoisotopic (exact) mass is 139 g/mol. The molecule has 0 heterocycles. The van der Waals surface area contributed by atoms with Crippen molar-refractivity contribution in [3.8, 4) is 0 Å². The van der Waals surface area contributed by atoms with Gasteiger partial charge in [-0.25, -0.2) is 4.99 Å². The van der Waals surface area contributed by atoms with Crippen molar-refractivity contribution in [2.75, 3.05) is 0 Å². The molecule has 54 valence electrons. The molecule has 0 saturated carbocycles. The highest BCUT2D eigenvalue weighted by Crippen LogP contribution is 1.91. The van der Waals surface area contributed by atoms with Gasteiger partial charge in [0.25, 0.3) is 0 Å². The van der Waals surface area contributed by atoms with E-state index in [9.17, 15) is 4.79 Å². The molecule has 0 aromatic heterocycles. The van der Waals surface area contributed by atoms with Crippen molar-refractivity contribution in [1.29, 1.82) is 0 Å². The summed E-state index contributed by atoms with van der Waals surface area (Å²) in [6, 6.07) is 0. The van der Waals surface area contributed by atoms with Crippen LogP contribution in [0.5, 0.6) is 0 Å². The number of carbonyl (C=O) groups is 1. The Morgan fingerprint density at radius 3 is 2.30 bits per heavy atom. The minimum Gasteiger partial charge on any atom is -0.506 e. The minimum atomic E-state index is -0.326. The van der Waals surface area contributed by atoms with Crippen molar-refractivity contribution < 1.29 is 9.90 Å². The van der Waals surface area contributed by atoms with Gasteiger partial charge in [-0.15, -0.1) is 0 Å². The van der Waals surface area contributed by atoms with Gasteiger partial charge in [-0.1, -0.05) is 13.2 Å². The maximum absolute atomic E-state index is 10.6. The predicted molar refractivity (Wildman–Crippen MR) is 40.1 cm³/mol. The zero-order valence-corrected chi connectivity index (χ0v) is 5.79. The average Bonchev–Trinajstić information content (AvgIpc) is 1.81. The average molecular weight is 139 g/mol. The van der Waals surface area contributed by atoms with Gasteiger partial charge in [-0.2, -0.15) is 0 Å². The Balaban J connectivity index is 4.58. The summed E-state index contributed by atoms with van der Waals surface area (Å²) < 4.78 is 0. The second-order valence-corrected chi connectivity index (χ2v) is 1.66. The van der Waals surface area contributed by atoms with Gasteiger partial charge in [0.1, 0.15) is 11.5 Å². The lowest BCUT2D eigenvalue weighted by atomic mass is 10.2. The molecule has 0 aliphatic rings. The zero-order chi connectivity index (χ0) is 8.15. The van der Waals surface area contributed by atoms with E-state index in [1.165, 1.54) is 13.1 Å². The van der Waals surface area contributed by atoms with Crippen LogP contribution in [0.3, 0.4) is 0 Å². The van der Waals surface area contributed by atoms with Gasteiger partial charge in [0, 0.05) is 13.1 Å². The summed E-state index contributed by atoms with van der Waals surface area (Å²) in [6.07, 6.45) is 1.18. The number of aliphatic imine (C=N–C) groups is 1. The van der Waals surface area contributed by atoms with E-state index < -0.39 is 0 Å². The van der Waals surface area contributed by atoms with Crippen LogP contribution in [0.25, 0.3) is 0 Å². The van der Waals surface area contributed by atoms with Gasteiger partial charge in [-0.3, -0.25) is 4.79 Å². The van der Waals surface area contributed by atoms with Crippen LogP contribution in [0.1, 0.15) is 6.92 Å². The fourth-order valence-corrected chi connectivity index (χ4v) is 0.460. The third-order valence-electron chi connectivity index (χ3n) is 0.827. The lowest BCUT2D eigenvalue weighted by molar-refractivity contribution is -0.111. The number of carbonyl (C=O) groups excluding carboxylic acids is 1. The van der Waals surface area contributed by atoms with E-state index in [2.05, 4.69) is 18.2 Å². The van der Waals surface area contributed by atoms with Crippen LogP contribution in [-0.2, 0) is 4.79 Å². The standard InChI is InChI=1S/C7H9NO2/c1-4-8-7(5(2)9)6(3)10/h4,9H,1-2H2,3H3. The molecule has 0 aliphatic carbocycles. The highest BCUT2D eigenvalue weighted by molar-refractivity contribution is 6.44. The number of aliphatic hydroxyl groups excluding tert-OH is 1. The first-order valence-corrected chi connectivity index (χ1v) is 2.67. The molecule has 0 rings (SSSR count). The first kappa shape index (κ1) is 8.62. The minimum absolute atomic E-state index is 0.0463. The number of rotatable bonds is 3. The largest absolute Gasteiger partial charge is 0.506 e. The predicted octanol–water partition coefficient (Wildman–Crippen LogP) is 1.23. The van der Waals surface area contributed by atoms with Crippen LogP contribution in [0.2, 0.25) is 0 Å². The molecular weight excluding hydrogens is 130 g/mol. The molecule has 10 heavy (non-hydrogen) atoms. The number of Topliss-reactive ketones (excluding diaryl/α,β-unsaturated/α-hetero) is 1. The highest BCUT2D eigenvalue weighted by atomic mass is 16.3. The van der Waals surface area contributed by atoms with Crippen LogP contribution in [0.15, 0.2) is 30.1 Å². The summed E-state index contributed by atoms with van der Waals surface area (Å²) in [5, 5.41) is 8.72. The summed E-state index contributed by atoms with van der Waals surface area (Å²) in [6.45, 7) is 7.72.